The van der Waals surface area contributed by atoms with Crippen LogP contribution in [0.2, 0.25) is 0 Å². The second-order valence-corrected chi connectivity index (χ2v) is 4.90. The van der Waals surface area contributed by atoms with Crippen LogP contribution in [-0.2, 0) is 0 Å². The topological polar surface area (TPSA) is 62.2 Å². The van der Waals surface area contributed by atoms with Gasteiger partial charge in [-0.2, -0.15) is 0 Å². The van der Waals surface area contributed by atoms with Crippen LogP contribution in [0.4, 0.5) is 0 Å². The van der Waals surface area contributed by atoms with Gasteiger partial charge in [0.1, 0.15) is 6.10 Å². The first-order chi connectivity index (χ1) is 9.10. The predicted molar refractivity (Wildman–Crippen MR) is 74.0 cm³/mol. The molecule has 0 amide bonds. The zero-order valence-corrected chi connectivity index (χ0v) is 11.4. The van der Waals surface area contributed by atoms with E-state index in [1.165, 1.54) is 0 Å². The summed E-state index contributed by atoms with van der Waals surface area (Å²) in [6.45, 7) is 2.06. The molecule has 0 spiro atoms. The first kappa shape index (κ1) is 14.2. The number of piperidine rings is 1. The van der Waals surface area contributed by atoms with Gasteiger partial charge in [-0.25, -0.2) is 0 Å². The van der Waals surface area contributed by atoms with Crippen molar-refractivity contribution in [3.8, 4) is 11.5 Å². The number of benzene rings is 1. The molecule has 0 aliphatic carbocycles. The number of hydrogen-bond donors (Lipinski definition) is 2. The molecule has 0 saturated carbocycles. The van der Waals surface area contributed by atoms with Crippen molar-refractivity contribution in [3.05, 3.63) is 18.2 Å². The van der Waals surface area contributed by atoms with Gasteiger partial charge in [0.25, 0.3) is 0 Å². The molecule has 1 heterocycles. The predicted octanol–water partition coefficient (Wildman–Crippen LogP) is -0.152. The number of likely N-dealkylation sites (tertiary alicyclic amines) is 1. The van der Waals surface area contributed by atoms with Crippen molar-refractivity contribution in [3.63, 3.8) is 0 Å². The molecule has 0 bridgehead atoms. The smallest absolute Gasteiger partial charge is 0.488 e. The van der Waals surface area contributed by atoms with E-state index >= 15 is 0 Å². The molecule has 0 radical (unpaired) electrons. The van der Waals surface area contributed by atoms with Crippen molar-refractivity contribution in [1.82, 2.24) is 4.90 Å². The van der Waals surface area contributed by atoms with Crippen LogP contribution < -0.4 is 14.9 Å². The number of ether oxygens (including phenoxy) is 2. The summed E-state index contributed by atoms with van der Waals surface area (Å²) in [5.74, 6) is 1.19. The van der Waals surface area contributed by atoms with Gasteiger partial charge in [-0.1, -0.05) is 6.07 Å². The fraction of sp³-hybridized carbons (Fsp3) is 0.538. The average Bonchev–Trinajstić information content (AvgIpc) is 2.41. The number of methoxy groups -OCH3 is 1. The second kappa shape index (κ2) is 6.28. The molecule has 1 aromatic carbocycles. The maximum Gasteiger partial charge on any atom is 0.488 e. The van der Waals surface area contributed by atoms with Gasteiger partial charge >= 0.3 is 7.12 Å². The highest BCUT2D eigenvalue weighted by Gasteiger charge is 2.20. The van der Waals surface area contributed by atoms with Crippen molar-refractivity contribution < 1.29 is 19.5 Å². The van der Waals surface area contributed by atoms with Gasteiger partial charge in [0.15, 0.2) is 11.5 Å². The fourth-order valence-electron chi connectivity index (χ4n) is 2.22. The molecule has 1 aliphatic rings. The van der Waals surface area contributed by atoms with E-state index < -0.39 is 7.12 Å². The Labute approximate surface area is 113 Å². The highest BCUT2D eigenvalue weighted by atomic mass is 16.5. The summed E-state index contributed by atoms with van der Waals surface area (Å²) in [6.07, 6.45) is 2.17. The third-order valence-corrected chi connectivity index (χ3v) is 3.45. The normalized spacial score (nSPS) is 17.3. The van der Waals surface area contributed by atoms with Crippen LogP contribution in [0.15, 0.2) is 18.2 Å². The van der Waals surface area contributed by atoms with Crippen molar-refractivity contribution in [2.24, 2.45) is 0 Å². The lowest BCUT2D eigenvalue weighted by atomic mass is 9.80. The molecule has 1 aliphatic heterocycles. The van der Waals surface area contributed by atoms with Gasteiger partial charge in [-0.05, 0) is 37.5 Å². The van der Waals surface area contributed by atoms with E-state index in [4.69, 9.17) is 19.5 Å². The van der Waals surface area contributed by atoms with Crippen molar-refractivity contribution in [1.29, 1.82) is 0 Å². The Kier molecular flexibility index (Phi) is 4.68. The van der Waals surface area contributed by atoms with Crippen LogP contribution in [0.5, 0.6) is 11.5 Å². The third kappa shape index (κ3) is 3.62. The SMILES string of the molecule is COc1cc(B(O)O)ccc1OC1CCN(C)CC1. The maximum atomic E-state index is 9.14. The van der Waals surface area contributed by atoms with Gasteiger partial charge in [0, 0.05) is 13.1 Å². The highest BCUT2D eigenvalue weighted by molar-refractivity contribution is 6.58. The minimum absolute atomic E-state index is 0.190. The molecule has 2 N–H and O–H groups in total. The van der Waals surface area contributed by atoms with E-state index in [2.05, 4.69) is 11.9 Å². The Bertz CT molecular complexity index is 419. The minimum Gasteiger partial charge on any atom is -0.493 e. The lowest BCUT2D eigenvalue weighted by molar-refractivity contribution is 0.111. The molecule has 6 heteroatoms. The number of nitrogens with zero attached hydrogens (tertiary/aromatic N) is 1. The quantitative estimate of drug-likeness (QED) is 0.741. The summed E-state index contributed by atoms with van der Waals surface area (Å²) in [6, 6.07) is 4.96. The lowest BCUT2D eigenvalue weighted by Crippen LogP contribution is -2.36. The first-order valence-electron chi connectivity index (χ1n) is 6.49. The van der Waals surface area contributed by atoms with Crippen molar-refractivity contribution >= 4 is 12.6 Å². The molecule has 1 aromatic rings. The summed E-state index contributed by atoms with van der Waals surface area (Å²) in [4.78, 5) is 2.28. The Morgan fingerprint density at radius 2 is 1.89 bits per heavy atom. The van der Waals surface area contributed by atoms with Gasteiger partial charge in [0.2, 0.25) is 0 Å². The van der Waals surface area contributed by atoms with E-state index in [1.807, 2.05) is 0 Å². The van der Waals surface area contributed by atoms with E-state index in [-0.39, 0.29) is 6.10 Å². The zero-order chi connectivity index (χ0) is 13.8. The highest BCUT2D eigenvalue weighted by Crippen LogP contribution is 2.28. The molecule has 19 heavy (non-hydrogen) atoms. The van der Waals surface area contributed by atoms with Crippen LogP contribution in [0.1, 0.15) is 12.8 Å². The number of rotatable bonds is 4. The Morgan fingerprint density at radius 1 is 1.21 bits per heavy atom. The van der Waals surface area contributed by atoms with Gasteiger partial charge < -0.3 is 24.4 Å². The molecule has 0 atom stereocenters. The van der Waals surface area contributed by atoms with E-state index in [0.717, 1.165) is 25.9 Å². The Balaban J connectivity index is 2.07. The average molecular weight is 265 g/mol. The van der Waals surface area contributed by atoms with Gasteiger partial charge in [-0.15, -0.1) is 0 Å². The molecular weight excluding hydrogens is 245 g/mol. The Hall–Kier alpha value is -1.24. The maximum absolute atomic E-state index is 9.14. The van der Waals surface area contributed by atoms with E-state index in [1.54, 1.807) is 25.3 Å². The van der Waals surface area contributed by atoms with E-state index in [0.29, 0.717) is 17.0 Å². The molecule has 5 nitrogen and oxygen atoms in total. The fourth-order valence-corrected chi connectivity index (χ4v) is 2.22. The van der Waals surface area contributed by atoms with E-state index in [9.17, 15) is 0 Å². The molecule has 1 saturated heterocycles. The molecule has 104 valence electrons. The summed E-state index contributed by atoms with van der Waals surface area (Å²) < 4.78 is 11.2. The molecule has 0 aromatic heterocycles. The summed E-state index contributed by atoms with van der Waals surface area (Å²) >= 11 is 0. The molecular formula is C13H20BNO4. The standard InChI is InChI=1S/C13H20BNO4/c1-15-7-5-11(6-8-15)19-12-4-3-10(14(16)17)9-13(12)18-2/h3-4,9,11,16-17H,5-8H2,1-2H3. The summed E-state index contributed by atoms with van der Waals surface area (Å²) in [5, 5.41) is 18.3. The van der Waals surface area contributed by atoms with Gasteiger partial charge in [0.05, 0.1) is 7.11 Å². The summed E-state index contributed by atoms with van der Waals surface area (Å²) in [7, 11) is 2.16. The third-order valence-electron chi connectivity index (χ3n) is 3.45. The monoisotopic (exact) mass is 265 g/mol. The Morgan fingerprint density at radius 3 is 2.47 bits per heavy atom. The van der Waals surface area contributed by atoms with Crippen LogP contribution >= 0.6 is 0 Å². The molecule has 1 fully saturated rings. The molecule has 0 unspecified atom stereocenters. The summed E-state index contributed by atoms with van der Waals surface area (Å²) in [5.41, 5.74) is 0.396. The van der Waals surface area contributed by atoms with Crippen LogP contribution in [0, 0.1) is 0 Å². The van der Waals surface area contributed by atoms with Gasteiger partial charge in [-0.3, -0.25) is 0 Å². The van der Waals surface area contributed by atoms with Crippen LogP contribution in [0.3, 0.4) is 0 Å². The second-order valence-electron chi connectivity index (χ2n) is 4.90. The van der Waals surface area contributed by atoms with Crippen molar-refractivity contribution in [2.45, 2.75) is 18.9 Å². The first-order valence-corrected chi connectivity index (χ1v) is 6.49. The van der Waals surface area contributed by atoms with Crippen molar-refractivity contribution in [2.75, 3.05) is 27.2 Å². The molecule has 2 rings (SSSR count). The number of hydrogen-bond acceptors (Lipinski definition) is 5. The zero-order valence-electron chi connectivity index (χ0n) is 11.4. The van der Waals surface area contributed by atoms with Crippen LogP contribution in [0.25, 0.3) is 0 Å². The minimum atomic E-state index is -1.49. The largest absolute Gasteiger partial charge is 0.493 e. The lowest BCUT2D eigenvalue weighted by Gasteiger charge is -2.29. The van der Waals surface area contributed by atoms with Crippen LogP contribution in [-0.4, -0.2) is 55.4 Å².